The molecule has 0 radical (unpaired) electrons. The van der Waals surface area contributed by atoms with Gasteiger partial charge in [0.05, 0.1) is 11.5 Å². The maximum absolute atomic E-state index is 12.9. The number of ether oxygens (including phenoxy) is 1. The fraction of sp³-hybridized carbons (Fsp3) is 0.444. The van der Waals surface area contributed by atoms with Gasteiger partial charge in [0, 0.05) is 31.6 Å². The number of halogens is 3. The van der Waals surface area contributed by atoms with Crippen molar-refractivity contribution in [1.29, 1.82) is 0 Å². The van der Waals surface area contributed by atoms with Crippen LogP contribution in [0.1, 0.15) is 24.1 Å². The quantitative estimate of drug-likeness (QED) is 0.806. The van der Waals surface area contributed by atoms with Crippen molar-refractivity contribution in [3.05, 3.63) is 41.9 Å². The molecule has 0 aliphatic carbocycles. The Morgan fingerprint density at radius 2 is 1.90 bits per heavy atom. The van der Waals surface area contributed by atoms with E-state index in [2.05, 4.69) is 15.3 Å². The SMILES string of the molecule is O=S(=O)(c1ccc2c(c1)CCO2)N1CCC(Nc2cc(C(F)(F)F)ncn2)CC1. The lowest BCUT2D eigenvalue weighted by Gasteiger charge is -2.32. The van der Waals surface area contributed by atoms with E-state index in [0.29, 0.717) is 25.9 Å². The first-order chi connectivity index (χ1) is 13.7. The van der Waals surface area contributed by atoms with Crippen LogP contribution in [0.5, 0.6) is 5.75 Å². The lowest BCUT2D eigenvalue weighted by atomic mass is 10.1. The zero-order valence-electron chi connectivity index (χ0n) is 15.3. The number of fused-ring (bicyclic) bond motifs is 1. The Labute approximate surface area is 166 Å². The van der Waals surface area contributed by atoms with E-state index in [4.69, 9.17) is 4.74 Å². The molecular weight excluding hydrogens is 409 g/mol. The van der Waals surface area contributed by atoms with E-state index >= 15 is 0 Å². The van der Waals surface area contributed by atoms with Crippen LogP contribution in [0.15, 0.2) is 35.5 Å². The highest BCUT2D eigenvalue weighted by Crippen LogP contribution is 2.31. The summed E-state index contributed by atoms with van der Waals surface area (Å²) in [6, 6.07) is 5.56. The summed E-state index contributed by atoms with van der Waals surface area (Å²) in [6.07, 6.45) is -2.08. The molecule has 2 aliphatic heterocycles. The molecule has 0 bridgehead atoms. The van der Waals surface area contributed by atoms with E-state index in [1.807, 2.05) is 0 Å². The van der Waals surface area contributed by atoms with Crippen molar-refractivity contribution in [1.82, 2.24) is 14.3 Å². The van der Waals surface area contributed by atoms with Gasteiger partial charge in [0.25, 0.3) is 0 Å². The van der Waals surface area contributed by atoms with Crippen molar-refractivity contribution < 1.29 is 26.3 Å². The maximum atomic E-state index is 12.9. The smallest absolute Gasteiger partial charge is 0.433 e. The molecule has 29 heavy (non-hydrogen) atoms. The molecule has 1 aromatic heterocycles. The third-order valence-electron chi connectivity index (χ3n) is 5.06. The Hall–Kier alpha value is -2.40. The number of nitrogens with zero attached hydrogens (tertiary/aromatic N) is 3. The molecule has 0 amide bonds. The van der Waals surface area contributed by atoms with Gasteiger partial charge in [0.15, 0.2) is 0 Å². The minimum absolute atomic E-state index is 0.0762. The molecule has 1 fully saturated rings. The van der Waals surface area contributed by atoms with Crippen LogP contribution in [0.25, 0.3) is 0 Å². The number of aromatic nitrogens is 2. The number of benzene rings is 1. The van der Waals surface area contributed by atoms with Gasteiger partial charge in [-0.1, -0.05) is 0 Å². The Morgan fingerprint density at radius 3 is 2.62 bits per heavy atom. The van der Waals surface area contributed by atoms with Crippen molar-refractivity contribution in [2.75, 3.05) is 25.0 Å². The minimum Gasteiger partial charge on any atom is -0.493 e. The van der Waals surface area contributed by atoms with E-state index in [1.165, 1.54) is 4.31 Å². The summed E-state index contributed by atoms with van der Waals surface area (Å²) < 4.78 is 71.0. The molecule has 156 valence electrons. The zero-order chi connectivity index (χ0) is 20.6. The fourth-order valence-electron chi connectivity index (χ4n) is 3.51. The Balaban J connectivity index is 1.40. The first-order valence-electron chi connectivity index (χ1n) is 9.15. The van der Waals surface area contributed by atoms with Gasteiger partial charge in [0.1, 0.15) is 23.6 Å². The van der Waals surface area contributed by atoms with Crippen LogP contribution in [0.2, 0.25) is 0 Å². The Morgan fingerprint density at radius 1 is 1.14 bits per heavy atom. The molecule has 0 spiro atoms. The van der Waals surface area contributed by atoms with Crippen LogP contribution >= 0.6 is 0 Å². The number of nitrogens with one attached hydrogen (secondary N) is 1. The van der Waals surface area contributed by atoms with Gasteiger partial charge >= 0.3 is 6.18 Å². The highest BCUT2D eigenvalue weighted by atomic mass is 32.2. The summed E-state index contributed by atoms with van der Waals surface area (Å²) in [5.41, 5.74) is -0.137. The first-order valence-corrected chi connectivity index (χ1v) is 10.6. The second kappa shape index (κ2) is 7.45. The van der Waals surface area contributed by atoms with Gasteiger partial charge in [-0.3, -0.25) is 0 Å². The molecule has 0 atom stereocenters. The van der Waals surface area contributed by atoms with E-state index in [-0.39, 0.29) is 29.8 Å². The van der Waals surface area contributed by atoms with Crippen molar-refractivity contribution in [3.8, 4) is 5.75 Å². The lowest BCUT2D eigenvalue weighted by molar-refractivity contribution is -0.141. The van der Waals surface area contributed by atoms with Crippen molar-refractivity contribution in [2.24, 2.45) is 0 Å². The molecule has 2 aliphatic rings. The third-order valence-corrected chi connectivity index (χ3v) is 6.96. The van der Waals surface area contributed by atoms with E-state index in [1.54, 1.807) is 18.2 Å². The van der Waals surface area contributed by atoms with Crippen molar-refractivity contribution in [3.63, 3.8) is 0 Å². The van der Waals surface area contributed by atoms with Gasteiger partial charge in [0.2, 0.25) is 10.0 Å². The van der Waals surface area contributed by atoms with Gasteiger partial charge in [-0.05, 0) is 36.6 Å². The molecule has 1 N–H and O–H groups in total. The zero-order valence-corrected chi connectivity index (χ0v) is 16.1. The van der Waals surface area contributed by atoms with Crippen LogP contribution in [0, 0.1) is 0 Å². The summed E-state index contributed by atoms with van der Waals surface area (Å²) in [5.74, 6) is 0.794. The number of sulfonamides is 1. The molecule has 2 aromatic rings. The number of alkyl halides is 3. The highest BCUT2D eigenvalue weighted by Gasteiger charge is 2.34. The second-order valence-electron chi connectivity index (χ2n) is 6.98. The molecule has 0 saturated carbocycles. The molecule has 0 unspecified atom stereocenters. The number of hydrogen-bond acceptors (Lipinski definition) is 6. The number of hydrogen-bond donors (Lipinski definition) is 1. The van der Waals surface area contributed by atoms with Crippen molar-refractivity contribution in [2.45, 2.75) is 36.4 Å². The fourth-order valence-corrected chi connectivity index (χ4v) is 5.03. The predicted octanol–water partition coefficient (Wildman–Crippen LogP) is 2.70. The van der Waals surface area contributed by atoms with Crippen LogP contribution in [0.4, 0.5) is 19.0 Å². The monoisotopic (exact) mass is 428 g/mol. The standard InChI is InChI=1S/C18H19F3N4O3S/c19-18(20,21)16-10-17(23-11-22-16)24-13-3-6-25(7-4-13)29(26,27)14-1-2-15-12(9-14)5-8-28-15/h1-2,9-11,13H,3-8H2,(H,22,23,24). The minimum atomic E-state index is -4.54. The summed E-state index contributed by atoms with van der Waals surface area (Å²) in [7, 11) is -3.63. The number of anilines is 1. The second-order valence-corrected chi connectivity index (χ2v) is 8.91. The Bertz CT molecular complexity index is 1010. The molecule has 1 aromatic carbocycles. The van der Waals surface area contributed by atoms with Gasteiger partial charge < -0.3 is 10.1 Å². The number of rotatable bonds is 4. The normalized spacial score (nSPS) is 18.3. The number of piperidine rings is 1. The summed E-state index contributed by atoms with van der Waals surface area (Å²) >= 11 is 0. The van der Waals surface area contributed by atoms with Crippen molar-refractivity contribution >= 4 is 15.8 Å². The molecular formula is C18H19F3N4O3S. The molecule has 4 rings (SSSR count). The highest BCUT2D eigenvalue weighted by molar-refractivity contribution is 7.89. The van der Waals surface area contributed by atoms with Gasteiger partial charge in [-0.15, -0.1) is 0 Å². The molecule has 1 saturated heterocycles. The van der Waals surface area contributed by atoms with E-state index < -0.39 is 21.9 Å². The predicted molar refractivity (Wildman–Crippen MR) is 98.1 cm³/mol. The Kier molecular flexibility index (Phi) is 5.11. The van der Waals surface area contributed by atoms with Crippen LogP contribution in [-0.4, -0.2) is 48.4 Å². The van der Waals surface area contributed by atoms with Gasteiger partial charge in [-0.2, -0.15) is 17.5 Å². The summed E-state index contributed by atoms with van der Waals surface area (Å²) in [4.78, 5) is 7.30. The van der Waals surface area contributed by atoms with E-state index in [0.717, 1.165) is 23.7 Å². The first kappa shape index (κ1) is 19.9. The average Bonchev–Trinajstić information content (AvgIpc) is 3.16. The largest absolute Gasteiger partial charge is 0.493 e. The molecule has 11 heteroatoms. The molecule has 7 nitrogen and oxygen atoms in total. The van der Waals surface area contributed by atoms with Gasteiger partial charge in [-0.25, -0.2) is 18.4 Å². The topological polar surface area (TPSA) is 84.4 Å². The summed E-state index contributed by atoms with van der Waals surface area (Å²) in [6.45, 7) is 1.09. The van der Waals surface area contributed by atoms with Crippen LogP contribution < -0.4 is 10.1 Å². The molecule has 3 heterocycles. The average molecular weight is 428 g/mol. The van der Waals surface area contributed by atoms with Crippen LogP contribution in [-0.2, 0) is 22.6 Å². The third kappa shape index (κ3) is 4.15. The lowest BCUT2D eigenvalue weighted by Crippen LogP contribution is -2.42. The maximum Gasteiger partial charge on any atom is 0.433 e. The van der Waals surface area contributed by atoms with E-state index in [9.17, 15) is 21.6 Å². The summed E-state index contributed by atoms with van der Waals surface area (Å²) in [5, 5.41) is 2.95. The van der Waals surface area contributed by atoms with Crippen LogP contribution in [0.3, 0.4) is 0 Å².